The van der Waals surface area contributed by atoms with E-state index >= 15 is 0 Å². The molecule has 0 unspecified atom stereocenters. The van der Waals surface area contributed by atoms with Gasteiger partial charge in [0.05, 0.1) is 5.69 Å². The first-order chi connectivity index (χ1) is 5.38. The fourth-order valence-electron chi connectivity index (χ4n) is 0.754. The molecular formula is C7H9N3S. The van der Waals surface area contributed by atoms with Crippen molar-refractivity contribution in [1.29, 1.82) is 5.41 Å². The molecule has 1 aromatic heterocycles. The summed E-state index contributed by atoms with van der Waals surface area (Å²) in [5.41, 5.74) is 0.959. The minimum absolute atomic E-state index is 0.838. The molecule has 11 heavy (non-hydrogen) atoms. The number of hydrogen-bond donors (Lipinski definition) is 2. The highest BCUT2D eigenvalue weighted by molar-refractivity contribution is 8.13. The Kier molecular flexibility index (Phi) is 2.92. The van der Waals surface area contributed by atoms with Crippen LogP contribution < -0.4 is 0 Å². The maximum absolute atomic E-state index is 6.80. The molecule has 2 N–H and O–H groups in total. The molecule has 0 aliphatic rings. The molecule has 0 radical (unpaired) electrons. The number of H-pyrrole nitrogens is 1. The molecular weight excluding hydrogens is 158 g/mol. The van der Waals surface area contributed by atoms with Gasteiger partial charge in [-0.2, -0.15) is 0 Å². The second-order valence-corrected chi connectivity index (χ2v) is 2.65. The van der Waals surface area contributed by atoms with E-state index in [0.29, 0.717) is 0 Å². The third-order valence-electron chi connectivity index (χ3n) is 1.20. The van der Waals surface area contributed by atoms with E-state index in [1.807, 2.05) is 24.6 Å². The summed E-state index contributed by atoms with van der Waals surface area (Å²) in [6.07, 6.45) is 4.82. The molecule has 1 rings (SSSR count). The third-order valence-corrected chi connectivity index (χ3v) is 1.92. The highest BCUT2D eigenvalue weighted by atomic mass is 32.2. The van der Waals surface area contributed by atoms with E-state index in [1.165, 1.54) is 11.8 Å². The van der Waals surface area contributed by atoms with Crippen LogP contribution in [0.1, 0.15) is 5.69 Å². The Morgan fingerprint density at radius 2 is 2.64 bits per heavy atom. The van der Waals surface area contributed by atoms with Gasteiger partial charge < -0.3 is 4.98 Å². The lowest BCUT2D eigenvalue weighted by atomic mass is 10.5. The van der Waals surface area contributed by atoms with Crippen LogP contribution in [0.2, 0.25) is 0 Å². The fraction of sp³-hybridized carbons (Fsp3) is 0.143. The van der Waals surface area contributed by atoms with Crippen molar-refractivity contribution in [2.45, 2.75) is 0 Å². The lowest BCUT2D eigenvalue weighted by Gasteiger charge is -1.95. The SMILES string of the molecule is CS/C(=N/C=N)c1ccc[nH]1. The van der Waals surface area contributed by atoms with Gasteiger partial charge in [0.1, 0.15) is 11.4 Å². The Bertz CT molecular complexity index is 251. The monoisotopic (exact) mass is 167 g/mol. The number of aromatic nitrogens is 1. The van der Waals surface area contributed by atoms with E-state index in [-0.39, 0.29) is 0 Å². The number of hydrogen-bond acceptors (Lipinski definition) is 2. The second-order valence-electron chi connectivity index (χ2n) is 1.85. The molecule has 3 nitrogen and oxygen atoms in total. The average Bonchev–Trinajstić information content (AvgIpc) is 2.52. The minimum Gasteiger partial charge on any atom is -0.359 e. The summed E-state index contributed by atoms with van der Waals surface area (Å²) < 4.78 is 0. The quantitative estimate of drug-likeness (QED) is 0.511. The average molecular weight is 167 g/mol. The Morgan fingerprint density at radius 1 is 1.82 bits per heavy atom. The van der Waals surface area contributed by atoms with Crippen molar-refractivity contribution in [2.24, 2.45) is 4.99 Å². The maximum atomic E-state index is 6.80. The lowest BCUT2D eigenvalue weighted by Crippen LogP contribution is -1.94. The zero-order valence-electron chi connectivity index (χ0n) is 6.16. The molecule has 58 valence electrons. The molecule has 0 saturated carbocycles. The number of nitrogens with one attached hydrogen (secondary N) is 2. The lowest BCUT2D eigenvalue weighted by molar-refractivity contribution is 1.38. The van der Waals surface area contributed by atoms with E-state index < -0.39 is 0 Å². The van der Waals surface area contributed by atoms with Gasteiger partial charge in [0.25, 0.3) is 0 Å². The number of rotatable bonds is 2. The number of aromatic amines is 1. The van der Waals surface area contributed by atoms with E-state index in [9.17, 15) is 0 Å². The molecule has 1 aromatic rings. The van der Waals surface area contributed by atoms with Crippen molar-refractivity contribution in [3.63, 3.8) is 0 Å². The van der Waals surface area contributed by atoms with E-state index in [0.717, 1.165) is 17.1 Å². The van der Waals surface area contributed by atoms with E-state index in [4.69, 9.17) is 5.41 Å². The van der Waals surface area contributed by atoms with Crippen LogP contribution in [-0.2, 0) is 0 Å². The van der Waals surface area contributed by atoms with Gasteiger partial charge in [0, 0.05) is 6.20 Å². The predicted molar refractivity (Wildman–Crippen MR) is 49.6 cm³/mol. The standard InChI is InChI=1S/C7H9N3S/c1-11-7(10-5-8)6-3-2-4-9-6/h2-5,8-9H,1H3/b8-5?,10-7+. The van der Waals surface area contributed by atoms with Crippen molar-refractivity contribution in [3.05, 3.63) is 24.0 Å². The van der Waals surface area contributed by atoms with Crippen LogP contribution in [0.5, 0.6) is 0 Å². The van der Waals surface area contributed by atoms with Crippen LogP contribution in [0.3, 0.4) is 0 Å². The minimum atomic E-state index is 0.838. The van der Waals surface area contributed by atoms with E-state index in [1.54, 1.807) is 0 Å². The van der Waals surface area contributed by atoms with Crippen LogP contribution in [-0.4, -0.2) is 22.6 Å². The van der Waals surface area contributed by atoms with E-state index in [2.05, 4.69) is 9.98 Å². The van der Waals surface area contributed by atoms with Crippen LogP contribution >= 0.6 is 11.8 Å². The summed E-state index contributed by atoms with van der Waals surface area (Å²) in [5, 5.41) is 7.64. The molecule has 0 bridgehead atoms. The Morgan fingerprint density at radius 3 is 3.09 bits per heavy atom. The van der Waals surface area contributed by atoms with Gasteiger partial charge in [-0.3, -0.25) is 5.41 Å². The summed E-state index contributed by atoms with van der Waals surface area (Å²) in [6, 6.07) is 3.84. The smallest absolute Gasteiger partial charge is 0.121 e. The van der Waals surface area contributed by atoms with Gasteiger partial charge in [-0.15, -0.1) is 11.8 Å². The number of thioether (sulfide) groups is 1. The zero-order chi connectivity index (χ0) is 8.10. The normalized spacial score (nSPS) is 11.5. The molecule has 0 amide bonds. The third kappa shape index (κ3) is 1.94. The molecule has 0 aliphatic carbocycles. The molecule has 1 heterocycles. The van der Waals surface area contributed by atoms with Gasteiger partial charge >= 0.3 is 0 Å². The first-order valence-electron chi connectivity index (χ1n) is 3.13. The van der Waals surface area contributed by atoms with Crippen molar-refractivity contribution in [2.75, 3.05) is 6.26 Å². The van der Waals surface area contributed by atoms with Crippen LogP contribution in [0.4, 0.5) is 0 Å². The zero-order valence-corrected chi connectivity index (χ0v) is 6.98. The molecule has 0 atom stereocenters. The van der Waals surface area contributed by atoms with Gasteiger partial charge in [0.2, 0.25) is 0 Å². The molecule has 0 spiro atoms. The Labute approximate surface area is 69.4 Å². The fourth-order valence-corrected chi connectivity index (χ4v) is 1.26. The van der Waals surface area contributed by atoms with Crippen LogP contribution in [0.25, 0.3) is 0 Å². The molecule has 0 fully saturated rings. The van der Waals surface area contributed by atoms with Gasteiger partial charge in [-0.05, 0) is 18.4 Å². The highest BCUT2D eigenvalue weighted by Crippen LogP contribution is 2.07. The first kappa shape index (κ1) is 8.07. The van der Waals surface area contributed by atoms with Crippen LogP contribution in [0.15, 0.2) is 23.3 Å². The van der Waals surface area contributed by atoms with Crippen molar-refractivity contribution in [3.8, 4) is 0 Å². The van der Waals surface area contributed by atoms with Crippen molar-refractivity contribution in [1.82, 2.24) is 4.98 Å². The Balaban J connectivity index is 2.88. The van der Waals surface area contributed by atoms with Gasteiger partial charge in [-0.1, -0.05) is 0 Å². The van der Waals surface area contributed by atoms with Gasteiger partial charge in [-0.25, -0.2) is 4.99 Å². The molecule has 0 saturated heterocycles. The molecule has 0 aromatic carbocycles. The largest absolute Gasteiger partial charge is 0.359 e. The maximum Gasteiger partial charge on any atom is 0.121 e. The molecule has 0 aliphatic heterocycles. The summed E-state index contributed by atoms with van der Waals surface area (Å²) in [4.78, 5) is 6.89. The Hall–Kier alpha value is -1.03. The number of nitrogens with zero attached hydrogens (tertiary/aromatic N) is 1. The van der Waals surface area contributed by atoms with Gasteiger partial charge in [0.15, 0.2) is 0 Å². The van der Waals surface area contributed by atoms with Crippen molar-refractivity contribution >= 4 is 23.1 Å². The highest BCUT2D eigenvalue weighted by Gasteiger charge is 1.99. The summed E-state index contributed by atoms with van der Waals surface area (Å²) in [7, 11) is 0. The topological polar surface area (TPSA) is 52.0 Å². The first-order valence-corrected chi connectivity index (χ1v) is 4.35. The predicted octanol–water partition coefficient (Wildman–Crippen LogP) is 1.73. The van der Waals surface area contributed by atoms with Crippen LogP contribution in [0, 0.1) is 5.41 Å². The number of aliphatic imine (C=N–C) groups is 1. The summed E-state index contributed by atoms with van der Waals surface area (Å²) in [5.74, 6) is 0. The molecule has 4 heteroatoms. The summed E-state index contributed by atoms with van der Waals surface area (Å²) in [6.45, 7) is 0. The second kappa shape index (κ2) is 3.98. The summed E-state index contributed by atoms with van der Waals surface area (Å²) >= 11 is 1.52. The van der Waals surface area contributed by atoms with Crippen molar-refractivity contribution < 1.29 is 0 Å².